The number of rotatable bonds is 4. The number of hydrogen-bond donors (Lipinski definition) is 1. The third-order valence-electron chi connectivity index (χ3n) is 3.64. The Labute approximate surface area is 127 Å². The third-order valence-corrected chi connectivity index (χ3v) is 4.57. The molecule has 0 fully saturated rings. The van der Waals surface area contributed by atoms with Crippen LogP contribution in [0.2, 0.25) is 0 Å². The monoisotopic (exact) mass is 306 g/mol. The minimum Gasteiger partial charge on any atom is -0.486 e. The molecular formula is C15H18N2O3S. The number of hydrogen-bond acceptors (Lipinski definition) is 5. The van der Waals surface area contributed by atoms with E-state index < -0.39 is 0 Å². The summed E-state index contributed by atoms with van der Waals surface area (Å²) in [5.41, 5.74) is 0.823. The number of nitrogens with one attached hydrogen (secondary N) is 1. The first-order valence-electron chi connectivity index (χ1n) is 7.22. The summed E-state index contributed by atoms with van der Waals surface area (Å²) in [6.07, 6.45) is 1.67. The molecule has 1 aliphatic heterocycles. The van der Waals surface area contributed by atoms with E-state index in [9.17, 15) is 4.79 Å². The molecule has 0 unspecified atom stereocenters. The Balaban J connectivity index is 1.85. The summed E-state index contributed by atoms with van der Waals surface area (Å²) in [5.74, 6) is 1.54. The molecule has 6 heteroatoms. The molecule has 1 aliphatic rings. The topological polar surface area (TPSA) is 60.5 Å². The third kappa shape index (κ3) is 2.81. The highest BCUT2D eigenvalue weighted by Crippen LogP contribution is 2.37. The van der Waals surface area contributed by atoms with E-state index in [2.05, 4.69) is 10.3 Å². The summed E-state index contributed by atoms with van der Waals surface area (Å²) in [6, 6.07) is 3.79. The molecule has 0 aliphatic carbocycles. The molecule has 0 atom stereocenters. The van der Waals surface area contributed by atoms with Gasteiger partial charge >= 0.3 is 0 Å². The molecule has 112 valence electrons. The van der Waals surface area contributed by atoms with Gasteiger partial charge in [-0.25, -0.2) is 4.98 Å². The van der Waals surface area contributed by atoms with Crippen LogP contribution in [-0.4, -0.2) is 24.1 Å². The van der Waals surface area contributed by atoms with Gasteiger partial charge in [-0.3, -0.25) is 4.79 Å². The van der Waals surface area contributed by atoms with Crippen molar-refractivity contribution in [2.24, 2.45) is 5.92 Å². The summed E-state index contributed by atoms with van der Waals surface area (Å²) < 4.78 is 12.1. The number of carbonyl (C=O) groups excluding carboxylic acids is 1. The van der Waals surface area contributed by atoms with Crippen molar-refractivity contribution in [3.63, 3.8) is 0 Å². The van der Waals surface area contributed by atoms with Gasteiger partial charge in [0.15, 0.2) is 16.6 Å². The zero-order chi connectivity index (χ0) is 14.8. The molecule has 0 saturated carbocycles. The molecule has 2 heterocycles. The molecule has 1 aromatic carbocycles. The molecule has 0 spiro atoms. The Hall–Kier alpha value is -1.82. The number of carbonyl (C=O) groups is 1. The van der Waals surface area contributed by atoms with Crippen molar-refractivity contribution in [2.45, 2.75) is 26.7 Å². The van der Waals surface area contributed by atoms with E-state index in [0.29, 0.717) is 18.3 Å². The molecule has 3 rings (SSSR count). The average Bonchev–Trinajstić information content (AvgIpc) is 2.86. The minimum absolute atomic E-state index is 0.0383. The molecule has 21 heavy (non-hydrogen) atoms. The number of anilines is 1. The Morgan fingerprint density at radius 3 is 2.62 bits per heavy atom. The Morgan fingerprint density at radius 2 is 1.95 bits per heavy atom. The maximum absolute atomic E-state index is 12.1. The normalized spacial score (nSPS) is 13.7. The van der Waals surface area contributed by atoms with E-state index in [4.69, 9.17) is 9.47 Å². The van der Waals surface area contributed by atoms with Crippen LogP contribution in [0.3, 0.4) is 0 Å². The van der Waals surface area contributed by atoms with Gasteiger partial charge in [-0.2, -0.15) is 0 Å². The Bertz CT molecular complexity index is 621. The van der Waals surface area contributed by atoms with E-state index in [1.807, 2.05) is 26.0 Å². The first-order chi connectivity index (χ1) is 10.2. The predicted molar refractivity (Wildman–Crippen MR) is 83.3 cm³/mol. The number of ether oxygens (including phenoxy) is 2. The standard InChI is InChI=1S/C15H18N2O3S/c1-3-9(4-2)14(18)17-15-16-10-7-11-12(8-13(10)21-15)20-6-5-19-11/h7-9H,3-6H2,1-2H3,(H,16,17,18). The number of benzene rings is 1. The molecule has 0 saturated heterocycles. The van der Waals surface area contributed by atoms with Gasteiger partial charge in [0, 0.05) is 18.1 Å². The summed E-state index contributed by atoms with van der Waals surface area (Å²) >= 11 is 1.46. The number of thiazole rings is 1. The van der Waals surface area contributed by atoms with Crippen LogP contribution < -0.4 is 14.8 Å². The fourth-order valence-corrected chi connectivity index (χ4v) is 3.26. The highest BCUT2D eigenvalue weighted by atomic mass is 32.1. The van der Waals surface area contributed by atoms with E-state index in [0.717, 1.165) is 34.6 Å². The SMILES string of the molecule is CCC(CC)C(=O)Nc1nc2cc3c(cc2s1)OCCO3. The van der Waals surface area contributed by atoms with Gasteiger partial charge in [-0.15, -0.1) is 0 Å². The zero-order valence-corrected chi connectivity index (χ0v) is 13.0. The molecule has 1 aromatic heterocycles. The van der Waals surface area contributed by atoms with Crippen LogP contribution in [0.1, 0.15) is 26.7 Å². The molecule has 0 bridgehead atoms. The zero-order valence-electron chi connectivity index (χ0n) is 12.1. The minimum atomic E-state index is 0.0383. The van der Waals surface area contributed by atoms with Crippen molar-refractivity contribution >= 4 is 32.6 Å². The summed E-state index contributed by atoms with van der Waals surface area (Å²) in [4.78, 5) is 16.6. The molecule has 2 aromatic rings. The fraction of sp³-hybridized carbons (Fsp3) is 0.467. The first kappa shape index (κ1) is 14.1. The van der Waals surface area contributed by atoms with Gasteiger partial charge in [0.25, 0.3) is 0 Å². The number of aromatic nitrogens is 1. The fourth-order valence-electron chi connectivity index (χ4n) is 2.39. The summed E-state index contributed by atoms with van der Waals surface area (Å²) in [7, 11) is 0. The highest BCUT2D eigenvalue weighted by molar-refractivity contribution is 7.22. The van der Waals surface area contributed by atoms with Gasteiger partial charge < -0.3 is 14.8 Å². The second kappa shape index (κ2) is 5.89. The van der Waals surface area contributed by atoms with Crippen molar-refractivity contribution < 1.29 is 14.3 Å². The Kier molecular flexibility index (Phi) is 3.96. The van der Waals surface area contributed by atoms with Crippen molar-refractivity contribution in [1.82, 2.24) is 4.98 Å². The van der Waals surface area contributed by atoms with Crippen molar-refractivity contribution in [3.05, 3.63) is 12.1 Å². The van der Waals surface area contributed by atoms with Gasteiger partial charge in [-0.05, 0) is 12.8 Å². The van der Waals surface area contributed by atoms with Gasteiger partial charge in [-0.1, -0.05) is 25.2 Å². The lowest BCUT2D eigenvalue weighted by Gasteiger charge is -2.17. The van der Waals surface area contributed by atoms with Gasteiger partial charge in [0.2, 0.25) is 5.91 Å². The average molecular weight is 306 g/mol. The molecule has 5 nitrogen and oxygen atoms in total. The number of amides is 1. The van der Waals surface area contributed by atoms with Crippen LogP contribution in [0.4, 0.5) is 5.13 Å². The number of fused-ring (bicyclic) bond motifs is 2. The smallest absolute Gasteiger partial charge is 0.229 e. The first-order valence-corrected chi connectivity index (χ1v) is 8.04. The van der Waals surface area contributed by atoms with Crippen LogP contribution >= 0.6 is 11.3 Å². The quantitative estimate of drug-likeness (QED) is 0.940. The van der Waals surface area contributed by atoms with Crippen LogP contribution in [0.15, 0.2) is 12.1 Å². The van der Waals surface area contributed by atoms with E-state index in [-0.39, 0.29) is 11.8 Å². The second-order valence-corrected chi connectivity index (χ2v) is 6.02. The molecular weight excluding hydrogens is 288 g/mol. The lowest BCUT2D eigenvalue weighted by Crippen LogP contribution is -2.21. The summed E-state index contributed by atoms with van der Waals surface area (Å²) in [5, 5.41) is 3.54. The molecule has 1 N–H and O–H groups in total. The number of nitrogens with zero attached hydrogens (tertiary/aromatic N) is 1. The summed E-state index contributed by atoms with van der Waals surface area (Å²) in [6.45, 7) is 5.17. The van der Waals surface area contributed by atoms with Crippen molar-refractivity contribution in [3.8, 4) is 11.5 Å². The Morgan fingerprint density at radius 1 is 1.29 bits per heavy atom. The van der Waals surface area contributed by atoms with E-state index in [1.54, 1.807) is 0 Å². The van der Waals surface area contributed by atoms with Gasteiger partial charge in [0.05, 0.1) is 10.2 Å². The van der Waals surface area contributed by atoms with Crippen LogP contribution in [0.25, 0.3) is 10.2 Å². The van der Waals surface area contributed by atoms with Crippen molar-refractivity contribution in [2.75, 3.05) is 18.5 Å². The van der Waals surface area contributed by atoms with Crippen LogP contribution in [0.5, 0.6) is 11.5 Å². The lowest BCUT2D eigenvalue weighted by molar-refractivity contribution is -0.120. The molecule has 0 radical (unpaired) electrons. The predicted octanol–water partition coefficient (Wildman–Crippen LogP) is 3.44. The van der Waals surface area contributed by atoms with E-state index in [1.165, 1.54) is 11.3 Å². The largest absolute Gasteiger partial charge is 0.486 e. The van der Waals surface area contributed by atoms with Crippen LogP contribution in [-0.2, 0) is 4.79 Å². The second-order valence-electron chi connectivity index (χ2n) is 4.99. The molecule has 1 amide bonds. The van der Waals surface area contributed by atoms with Crippen molar-refractivity contribution in [1.29, 1.82) is 0 Å². The highest BCUT2D eigenvalue weighted by Gasteiger charge is 2.18. The van der Waals surface area contributed by atoms with Gasteiger partial charge in [0.1, 0.15) is 13.2 Å². The maximum atomic E-state index is 12.1. The van der Waals surface area contributed by atoms with E-state index >= 15 is 0 Å². The lowest BCUT2D eigenvalue weighted by atomic mass is 10.0. The maximum Gasteiger partial charge on any atom is 0.229 e. The van der Waals surface area contributed by atoms with Crippen LogP contribution in [0, 0.1) is 5.92 Å².